The molecular formula is C18H26N2S. The van der Waals surface area contributed by atoms with Crippen molar-refractivity contribution in [2.24, 2.45) is 0 Å². The molecule has 1 heterocycles. The van der Waals surface area contributed by atoms with Gasteiger partial charge in [-0.05, 0) is 33.6 Å². The first-order valence-electron chi connectivity index (χ1n) is 7.78. The maximum atomic E-state index is 4.90. The number of unbranched alkanes of at least 4 members (excludes halogenated alkanes) is 1. The first-order chi connectivity index (χ1) is 9.99. The molecule has 2 nitrogen and oxygen atoms in total. The van der Waals surface area contributed by atoms with Crippen LogP contribution in [0.3, 0.4) is 0 Å². The van der Waals surface area contributed by atoms with Crippen LogP contribution in [-0.4, -0.2) is 10.5 Å². The minimum absolute atomic E-state index is 0.127. The molecule has 0 aliphatic carbocycles. The first-order valence-corrected chi connectivity index (χ1v) is 8.60. The lowest BCUT2D eigenvalue weighted by Crippen LogP contribution is -2.34. The molecule has 0 aliphatic heterocycles. The van der Waals surface area contributed by atoms with Gasteiger partial charge in [-0.3, -0.25) is 0 Å². The van der Waals surface area contributed by atoms with Crippen LogP contribution in [0.4, 0.5) is 0 Å². The van der Waals surface area contributed by atoms with Crippen molar-refractivity contribution < 1.29 is 0 Å². The van der Waals surface area contributed by atoms with Crippen molar-refractivity contribution in [1.82, 2.24) is 10.3 Å². The molecule has 0 fully saturated rings. The largest absolute Gasteiger partial charge is 0.307 e. The van der Waals surface area contributed by atoms with Crippen LogP contribution < -0.4 is 5.32 Å². The van der Waals surface area contributed by atoms with Gasteiger partial charge in [0.1, 0.15) is 0 Å². The molecule has 1 aromatic carbocycles. The van der Waals surface area contributed by atoms with Crippen molar-refractivity contribution in [3.05, 3.63) is 40.2 Å². The lowest BCUT2D eigenvalue weighted by molar-refractivity contribution is 0.426. The Kier molecular flexibility index (Phi) is 5.54. The number of thiazole rings is 1. The summed E-state index contributed by atoms with van der Waals surface area (Å²) in [6.07, 6.45) is 3.53. The summed E-state index contributed by atoms with van der Waals surface area (Å²) < 4.78 is 0. The number of hydrogen-bond donors (Lipinski definition) is 1. The smallest absolute Gasteiger partial charge is 0.0935 e. The second kappa shape index (κ2) is 7.19. The van der Waals surface area contributed by atoms with Crippen LogP contribution in [0.1, 0.15) is 50.4 Å². The molecule has 0 atom stereocenters. The van der Waals surface area contributed by atoms with Crippen molar-refractivity contribution in [3.8, 4) is 11.3 Å². The van der Waals surface area contributed by atoms with E-state index >= 15 is 0 Å². The van der Waals surface area contributed by atoms with E-state index < -0.39 is 0 Å². The van der Waals surface area contributed by atoms with Crippen LogP contribution in [0.15, 0.2) is 30.3 Å². The Morgan fingerprint density at radius 2 is 1.86 bits per heavy atom. The highest BCUT2D eigenvalue weighted by atomic mass is 32.1. The number of nitrogens with one attached hydrogen (secondary N) is 1. The molecule has 0 aliphatic rings. The number of hydrogen-bond acceptors (Lipinski definition) is 3. The summed E-state index contributed by atoms with van der Waals surface area (Å²) in [5, 5.41) is 4.85. The van der Waals surface area contributed by atoms with Gasteiger partial charge in [0.2, 0.25) is 0 Å². The lowest BCUT2D eigenvalue weighted by Gasteiger charge is -2.20. The maximum Gasteiger partial charge on any atom is 0.0935 e. The number of aryl methyl sites for hydroxylation is 1. The van der Waals surface area contributed by atoms with Gasteiger partial charge >= 0.3 is 0 Å². The molecule has 0 saturated carbocycles. The van der Waals surface area contributed by atoms with E-state index in [1.54, 1.807) is 0 Å². The van der Waals surface area contributed by atoms with Crippen LogP contribution in [0, 0.1) is 0 Å². The normalized spacial score (nSPS) is 11.8. The predicted octanol–water partition coefficient (Wildman–Crippen LogP) is 5.04. The van der Waals surface area contributed by atoms with E-state index in [1.807, 2.05) is 11.3 Å². The molecule has 2 rings (SSSR count). The van der Waals surface area contributed by atoms with Crippen molar-refractivity contribution in [1.29, 1.82) is 0 Å². The summed E-state index contributed by atoms with van der Waals surface area (Å²) in [5.41, 5.74) is 2.51. The van der Waals surface area contributed by atoms with Gasteiger partial charge < -0.3 is 5.32 Å². The molecule has 2 aromatic rings. The summed E-state index contributed by atoms with van der Waals surface area (Å²) in [7, 11) is 0. The zero-order valence-electron chi connectivity index (χ0n) is 13.6. The standard InChI is InChI=1S/C18H26N2S/c1-5-6-12-16-20-17(14-10-8-7-9-11-14)15(21-16)13-19-18(2,3)4/h7-11,19H,5-6,12-13H2,1-4H3. The van der Waals surface area contributed by atoms with Gasteiger partial charge in [0, 0.05) is 22.5 Å². The monoisotopic (exact) mass is 302 g/mol. The Morgan fingerprint density at radius 3 is 2.48 bits per heavy atom. The maximum absolute atomic E-state index is 4.90. The van der Waals surface area contributed by atoms with E-state index in [0.29, 0.717) is 0 Å². The summed E-state index contributed by atoms with van der Waals surface area (Å²) in [6.45, 7) is 9.72. The molecule has 1 N–H and O–H groups in total. The fraction of sp³-hybridized carbons (Fsp3) is 0.500. The minimum atomic E-state index is 0.127. The van der Waals surface area contributed by atoms with E-state index in [0.717, 1.165) is 18.7 Å². The van der Waals surface area contributed by atoms with Crippen LogP contribution in [0.5, 0.6) is 0 Å². The summed E-state index contributed by atoms with van der Waals surface area (Å²) >= 11 is 1.86. The van der Waals surface area contributed by atoms with Gasteiger partial charge in [-0.2, -0.15) is 0 Å². The average molecular weight is 302 g/mol. The lowest BCUT2D eigenvalue weighted by atomic mass is 10.1. The third-order valence-electron chi connectivity index (χ3n) is 3.31. The molecular weight excluding hydrogens is 276 g/mol. The highest BCUT2D eigenvalue weighted by Gasteiger charge is 2.15. The van der Waals surface area contributed by atoms with E-state index in [1.165, 1.54) is 28.3 Å². The Labute approximate surface area is 132 Å². The molecule has 0 radical (unpaired) electrons. The number of rotatable bonds is 6. The van der Waals surface area contributed by atoms with E-state index in [4.69, 9.17) is 4.98 Å². The number of benzene rings is 1. The fourth-order valence-electron chi connectivity index (χ4n) is 2.12. The summed E-state index contributed by atoms with van der Waals surface area (Å²) in [4.78, 5) is 6.25. The van der Waals surface area contributed by atoms with Gasteiger partial charge in [0.05, 0.1) is 10.7 Å². The van der Waals surface area contributed by atoms with E-state index in [9.17, 15) is 0 Å². The molecule has 0 bridgehead atoms. The van der Waals surface area contributed by atoms with Gasteiger partial charge in [0.15, 0.2) is 0 Å². The fourth-order valence-corrected chi connectivity index (χ4v) is 3.19. The molecule has 0 spiro atoms. The zero-order chi connectivity index (χ0) is 15.3. The number of aromatic nitrogens is 1. The quantitative estimate of drug-likeness (QED) is 0.808. The van der Waals surface area contributed by atoms with Gasteiger partial charge in [-0.25, -0.2) is 4.98 Å². The van der Waals surface area contributed by atoms with Crippen LogP contribution >= 0.6 is 11.3 Å². The highest BCUT2D eigenvalue weighted by molar-refractivity contribution is 7.12. The SMILES string of the molecule is CCCCc1nc(-c2ccccc2)c(CNC(C)(C)C)s1. The second-order valence-electron chi connectivity index (χ2n) is 6.45. The molecule has 0 amide bonds. The van der Waals surface area contributed by atoms with Crippen LogP contribution in [-0.2, 0) is 13.0 Å². The zero-order valence-corrected chi connectivity index (χ0v) is 14.4. The third kappa shape index (κ3) is 4.94. The molecule has 1 aromatic heterocycles. The molecule has 21 heavy (non-hydrogen) atoms. The van der Waals surface area contributed by atoms with Crippen molar-refractivity contribution >= 4 is 11.3 Å². The average Bonchev–Trinajstić information content (AvgIpc) is 2.86. The molecule has 0 unspecified atom stereocenters. The Morgan fingerprint density at radius 1 is 1.14 bits per heavy atom. The van der Waals surface area contributed by atoms with Gasteiger partial charge in [0.25, 0.3) is 0 Å². The molecule has 114 valence electrons. The summed E-state index contributed by atoms with van der Waals surface area (Å²) in [6, 6.07) is 10.5. The Bertz CT molecular complexity index is 552. The highest BCUT2D eigenvalue weighted by Crippen LogP contribution is 2.29. The van der Waals surface area contributed by atoms with Gasteiger partial charge in [-0.15, -0.1) is 11.3 Å². The van der Waals surface area contributed by atoms with Crippen LogP contribution in [0.2, 0.25) is 0 Å². The molecule has 0 saturated heterocycles. The van der Waals surface area contributed by atoms with Crippen molar-refractivity contribution in [2.45, 2.75) is 59.0 Å². The Hall–Kier alpha value is -1.19. The number of nitrogens with zero attached hydrogens (tertiary/aromatic N) is 1. The predicted molar refractivity (Wildman–Crippen MR) is 92.8 cm³/mol. The Balaban J connectivity index is 2.25. The molecule has 3 heteroatoms. The van der Waals surface area contributed by atoms with Crippen LogP contribution in [0.25, 0.3) is 11.3 Å². The van der Waals surface area contributed by atoms with Gasteiger partial charge in [-0.1, -0.05) is 43.7 Å². The topological polar surface area (TPSA) is 24.9 Å². The van der Waals surface area contributed by atoms with E-state index in [-0.39, 0.29) is 5.54 Å². The van der Waals surface area contributed by atoms with Crippen molar-refractivity contribution in [2.75, 3.05) is 0 Å². The summed E-state index contributed by atoms with van der Waals surface area (Å²) in [5.74, 6) is 0. The van der Waals surface area contributed by atoms with E-state index in [2.05, 4.69) is 63.3 Å². The first kappa shape index (κ1) is 16.2. The second-order valence-corrected chi connectivity index (χ2v) is 7.62. The van der Waals surface area contributed by atoms with Crippen molar-refractivity contribution in [3.63, 3.8) is 0 Å². The third-order valence-corrected chi connectivity index (χ3v) is 4.43. The minimum Gasteiger partial charge on any atom is -0.307 e.